The van der Waals surface area contributed by atoms with E-state index in [0.717, 1.165) is 5.69 Å². The van der Waals surface area contributed by atoms with Gasteiger partial charge in [-0.25, -0.2) is 4.79 Å². The highest BCUT2D eigenvalue weighted by Gasteiger charge is 2.20. The van der Waals surface area contributed by atoms with Crippen LogP contribution in [0.25, 0.3) is 0 Å². The number of hydrogen-bond acceptors (Lipinski definition) is 2. The molecule has 2 N–H and O–H groups in total. The number of nitrogens with zero attached hydrogens (tertiary/aromatic N) is 1. The van der Waals surface area contributed by atoms with Crippen LogP contribution in [0.4, 0.5) is 16.2 Å². The Bertz CT molecular complexity index is 778. The number of nitrogens with one attached hydrogen (secondary N) is 2. The number of amides is 3. The van der Waals surface area contributed by atoms with Gasteiger partial charge < -0.3 is 10.6 Å². The van der Waals surface area contributed by atoms with Crippen molar-refractivity contribution in [2.45, 2.75) is 6.42 Å². The van der Waals surface area contributed by atoms with Gasteiger partial charge in [0.25, 0.3) is 0 Å². The van der Waals surface area contributed by atoms with E-state index in [2.05, 4.69) is 10.6 Å². The fourth-order valence-electron chi connectivity index (χ4n) is 2.49. The average Bonchev–Trinajstić information content (AvgIpc) is 2.97. The average molecular weight is 364 g/mol. The second-order valence-electron chi connectivity index (χ2n) is 5.39. The Morgan fingerprint density at radius 1 is 1.17 bits per heavy atom. The molecule has 2 aromatic rings. The number of halogens is 2. The highest BCUT2D eigenvalue weighted by molar-refractivity contribution is 6.35. The molecular formula is C17H15Cl2N3O2. The maximum atomic E-state index is 12.1. The molecule has 1 saturated heterocycles. The quantitative estimate of drug-likeness (QED) is 0.869. The van der Waals surface area contributed by atoms with E-state index in [1.807, 2.05) is 0 Å². The van der Waals surface area contributed by atoms with Crippen molar-refractivity contribution in [1.82, 2.24) is 5.32 Å². The van der Waals surface area contributed by atoms with Crippen LogP contribution in [-0.2, 0) is 11.2 Å². The smallest absolute Gasteiger partial charge is 0.321 e. The lowest BCUT2D eigenvalue weighted by Gasteiger charge is -2.14. The van der Waals surface area contributed by atoms with Gasteiger partial charge in [0.1, 0.15) is 0 Å². The summed E-state index contributed by atoms with van der Waals surface area (Å²) >= 11 is 11.9. The number of carbonyl (C=O) groups excluding carboxylic acids is 2. The molecule has 0 bridgehead atoms. The molecule has 1 aliphatic heterocycles. The zero-order valence-electron chi connectivity index (χ0n) is 12.7. The summed E-state index contributed by atoms with van der Waals surface area (Å²) < 4.78 is 0. The molecule has 5 nitrogen and oxygen atoms in total. The second-order valence-corrected chi connectivity index (χ2v) is 6.23. The first-order chi connectivity index (χ1) is 11.5. The predicted molar refractivity (Wildman–Crippen MR) is 96.0 cm³/mol. The summed E-state index contributed by atoms with van der Waals surface area (Å²) in [4.78, 5) is 25.4. The third-order valence-corrected chi connectivity index (χ3v) is 4.27. The number of carbonyl (C=O) groups is 2. The minimum atomic E-state index is -0.175. The third-order valence-electron chi connectivity index (χ3n) is 3.69. The maximum Gasteiger partial charge on any atom is 0.321 e. The summed E-state index contributed by atoms with van der Waals surface area (Å²) in [6, 6.07) is 12.1. The minimum absolute atomic E-state index is 0.107. The molecule has 1 heterocycles. The Morgan fingerprint density at radius 2 is 1.92 bits per heavy atom. The van der Waals surface area contributed by atoms with Gasteiger partial charge in [-0.1, -0.05) is 29.3 Å². The Balaban J connectivity index is 1.63. The topological polar surface area (TPSA) is 61.4 Å². The van der Waals surface area contributed by atoms with Gasteiger partial charge in [-0.3, -0.25) is 9.69 Å². The first-order valence-electron chi connectivity index (χ1n) is 7.42. The van der Waals surface area contributed by atoms with E-state index in [-0.39, 0.29) is 18.4 Å². The second kappa shape index (κ2) is 7.11. The molecule has 1 aliphatic rings. The van der Waals surface area contributed by atoms with E-state index in [4.69, 9.17) is 23.2 Å². The van der Waals surface area contributed by atoms with Crippen LogP contribution in [-0.4, -0.2) is 25.0 Å². The van der Waals surface area contributed by atoms with Crippen molar-refractivity contribution in [3.8, 4) is 0 Å². The van der Waals surface area contributed by atoms with Gasteiger partial charge in [0.2, 0.25) is 5.91 Å². The number of urea groups is 1. The van der Waals surface area contributed by atoms with Gasteiger partial charge in [-0.15, -0.1) is 0 Å². The number of benzene rings is 2. The van der Waals surface area contributed by atoms with Crippen molar-refractivity contribution in [2.24, 2.45) is 0 Å². The van der Waals surface area contributed by atoms with E-state index >= 15 is 0 Å². The van der Waals surface area contributed by atoms with Gasteiger partial charge in [0.05, 0.1) is 6.42 Å². The van der Waals surface area contributed by atoms with Crippen molar-refractivity contribution >= 4 is 46.5 Å². The van der Waals surface area contributed by atoms with E-state index in [0.29, 0.717) is 34.4 Å². The van der Waals surface area contributed by atoms with E-state index in [1.165, 1.54) is 0 Å². The molecule has 0 atom stereocenters. The van der Waals surface area contributed by atoms with E-state index < -0.39 is 0 Å². The molecule has 1 fully saturated rings. The summed E-state index contributed by atoms with van der Waals surface area (Å²) in [6.45, 7) is 1.28. The molecule has 0 saturated carbocycles. The van der Waals surface area contributed by atoms with Crippen molar-refractivity contribution in [2.75, 3.05) is 23.3 Å². The zero-order chi connectivity index (χ0) is 17.1. The van der Waals surface area contributed by atoms with Crippen LogP contribution in [0.5, 0.6) is 0 Å². The SMILES string of the molecule is O=C(Cc1ccc(Cl)cc1Cl)Nc1ccc(N2CCNC2=O)cc1. The highest BCUT2D eigenvalue weighted by Crippen LogP contribution is 2.23. The van der Waals surface area contributed by atoms with Crippen LogP contribution in [0.2, 0.25) is 10.0 Å². The van der Waals surface area contributed by atoms with Crippen molar-refractivity contribution < 1.29 is 9.59 Å². The minimum Gasteiger partial charge on any atom is -0.336 e. The molecule has 24 heavy (non-hydrogen) atoms. The monoisotopic (exact) mass is 363 g/mol. The zero-order valence-corrected chi connectivity index (χ0v) is 14.2. The Labute approximate surface area is 149 Å². The molecule has 2 aromatic carbocycles. The standard InChI is InChI=1S/C17H15Cl2N3O2/c18-12-2-1-11(15(19)10-12)9-16(23)21-13-3-5-14(6-4-13)22-8-7-20-17(22)24/h1-6,10H,7-9H2,(H,20,24)(H,21,23). The number of rotatable bonds is 4. The van der Waals surface area contributed by atoms with Crippen LogP contribution in [0, 0.1) is 0 Å². The molecule has 7 heteroatoms. The molecule has 3 rings (SSSR count). The van der Waals surface area contributed by atoms with Crippen molar-refractivity contribution in [3.05, 3.63) is 58.1 Å². The maximum absolute atomic E-state index is 12.1. The third kappa shape index (κ3) is 3.80. The molecule has 3 amide bonds. The Morgan fingerprint density at radius 3 is 2.54 bits per heavy atom. The first kappa shape index (κ1) is 16.6. The number of anilines is 2. The summed E-state index contributed by atoms with van der Waals surface area (Å²) in [5.41, 5.74) is 2.17. The van der Waals surface area contributed by atoms with Gasteiger partial charge in [0.15, 0.2) is 0 Å². The van der Waals surface area contributed by atoms with Crippen LogP contribution < -0.4 is 15.5 Å². The normalized spacial score (nSPS) is 13.8. The first-order valence-corrected chi connectivity index (χ1v) is 8.18. The van der Waals surface area contributed by atoms with Crippen LogP contribution in [0.1, 0.15) is 5.56 Å². The van der Waals surface area contributed by atoms with Gasteiger partial charge >= 0.3 is 6.03 Å². The van der Waals surface area contributed by atoms with E-state index in [1.54, 1.807) is 47.4 Å². The van der Waals surface area contributed by atoms with Gasteiger partial charge in [-0.2, -0.15) is 0 Å². The molecule has 0 spiro atoms. The summed E-state index contributed by atoms with van der Waals surface area (Å²) in [5, 5.41) is 6.56. The largest absolute Gasteiger partial charge is 0.336 e. The van der Waals surface area contributed by atoms with Crippen molar-refractivity contribution in [1.29, 1.82) is 0 Å². The molecule has 124 valence electrons. The lowest BCUT2D eigenvalue weighted by molar-refractivity contribution is -0.115. The van der Waals surface area contributed by atoms with Crippen LogP contribution in [0.3, 0.4) is 0 Å². The van der Waals surface area contributed by atoms with Crippen LogP contribution >= 0.6 is 23.2 Å². The molecule has 0 aliphatic carbocycles. The molecular weight excluding hydrogens is 349 g/mol. The summed E-state index contributed by atoms with van der Waals surface area (Å²) in [5.74, 6) is -0.175. The Kier molecular flexibility index (Phi) is 4.92. The lowest BCUT2D eigenvalue weighted by Crippen LogP contribution is -2.27. The highest BCUT2D eigenvalue weighted by atomic mass is 35.5. The summed E-state index contributed by atoms with van der Waals surface area (Å²) in [6.07, 6.45) is 0.159. The molecule has 0 radical (unpaired) electrons. The number of hydrogen-bond donors (Lipinski definition) is 2. The summed E-state index contributed by atoms with van der Waals surface area (Å²) in [7, 11) is 0. The van der Waals surface area contributed by atoms with Gasteiger partial charge in [0, 0.05) is 34.5 Å². The van der Waals surface area contributed by atoms with Crippen molar-refractivity contribution in [3.63, 3.8) is 0 Å². The fraction of sp³-hybridized carbons (Fsp3) is 0.176. The molecule has 0 aromatic heterocycles. The molecule has 0 unspecified atom stereocenters. The Hall–Kier alpha value is -2.24. The van der Waals surface area contributed by atoms with E-state index in [9.17, 15) is 9.59 Å². The van der Waals surface area contributed by atoms with Gasteiger partial charge in [-0.05, 0) is 42.0 Å². The lowest BCUT2D eigenvalue weighted by atomic mass is 10.1. The van der Waals surface area contributed by atoms with Crippen LogP contribution in [0.15, 0.2) is 42.5 Å². The fourth-order valence-corrected chi connectivity index (χ4v) is 2.96. The predicted octanol–water partition coefficient (Wildman–Crippen LogP) is 3.70.